The lowest BCUT2D eigenvalue weighted by Gasteiger charge is -2.10. The van der Waals surface area contributed by atoms with Gasteiger partial charge in [0.05, 0.1) is 0 Å². The van der Waals surface area contributed by atoms with Crippen LogP contribution in [0.3, 0.4) is 0 Å². The Bertz CT molecular complexity index is 1110. The first kappa shape index (κ1) is 20.2. The van der Waals surface area contributed by atoms with Crippen LogP contribution >= 0.6 is 0 Å². The van der Waals surface area contributed by atoms with Crippen molar-refractivity contribution in [1.29, 1.82) is 0 Å². The summed E-state index contributed by atoms with van der Waals surface area (Å²) in [5, 5.41) is 2.91. The van der Waals surface area contributed by atoms with Crippen molar-refractivity contribution in [3.63, 3.8) is 0 Å². The van der Waals surface area contributed by atoms with Crippen molar-refractivity contribution in [1.82, 2.24) is 4.98 Å². The quantitative estimate of drug-likeness (QED) is 0.417. The zero-order valence-corrected chi connectivity index (χ0v) is 16.9. The van der Waals surface area contributed by atoms with E-state index >= 15 is 0 Å². The molecule has 4 aromatic rings. The lowest BCUT2D eigenvalue weighted by molar-refractivity contribution is 0.102. The number of carbonyl (C=O) groups excluding carboxylic acids is 1. The summed E-state index contributed by atoms with van der Waals surface area (Å²) in [6.45, 7) is 0.861. The third-order valence-corrected chi connectivity index (χ3v) is 4.59. The van der Waals surface area contributed by atoms with E-state index in [1.807, 2.05) is 72.8 Å². The number of pyridine rings is 1. The molecule has 0 atom stereocenters. The number of rotatable bonds is 8. The first-order valence-corrected chi connectivity index (χ1v) is 9.96. The van der Waals surface area contributed by atoms with Gasteiger partial charge in [0.15, 0.2) is 0 Å². The molecule has 5 heteroatoms. The van der Waals surface area contributed by atoms with Crippen LogP contribution in [0.5, 0.6) is 11.5 Å². The molecule has 0 bridgehead atoms. The summed E-state index contributed by atoms with van der Waals surface area (Å²) in [5.41, 5.74) is 3.22. The minimum atomic E-state index is -0.181. The molecule has 0 aliphatic heterocycles. The van der Waals surface area contributed by atoms with Gasteiger partial charge in [-0.15, -0.1) is 0 Å². The molecule has 1 aromatic heterocycles. The fourth-order valence-corrected chi connectivity index (χ4v) is 2.95. The van der Waals surface area contributed by atoms with Crippen LogP contribution in [0.1, 0.15) is 21.5 Å². The van der Waals surface area contributed by atoms with E-state index in [0.717, 1.165) is 16.9 Å². The van der Waals surface area contributed by atoms with Gasteiger partial charge in [0, 0.05) is 35.3 Å². The lowest BCUT2D eigenvalue weighted by Crippen LogP contribution is -2.12. The van der Waals surface area contributed by atoms with Crippen LogP contribution in [-0.2, 0) is 13.2 Å². The average molecular weight is 410 g/mol. The predicted molar refractivity (Wildman–Crippen MR) is 120 cm³/mol. The van der Waals surface area contributed by atoms with Crippen LogP contribution in [0.2, 0.25) is 0 Å². The van der Waals surface area contributed by atoms with Crippen LogP contribution in [0.25, 0.3) is 0 Å². The molecule has 154 valence electrons. The second-order valence-electron chi connectivity index (χ2n) is 6.93. The molecule has 31 heavy (non-hydrogen) atoms. The second-order valence-corrected chi connectivity index (χ2v) is 6.93. The second kappa shape index (κ2) is 10.1. The predicted octanol–water partition coefficient (Wildman–Crippen LogP) is 5.49. The van der Waals surface area contributed by atoms with Gasteiger partial charge in [-0.1, -0.05) is 42.5 Å². The molecular formula is C26H22N2O3. The van der Waals surface area contributed by atoms with E-state index in [1.165, 1.54) is 0 Å². The summed E-state index contributed by atoms with van der Waals surface area (Å²) < 4.78 is 11.5. The highest BCUT2D eigenvalue weighted by Gasteiger charge is 2.07. The Balaban J connectivity index is 1.32. The number of para-hydroxylation sites is 1. The molecule has 5 nitrogen and oxygen atoms in total. The van der Waals surface area contributed by atoms with Gasteiger partial charge >= 0.3 is 0 Å². The first-order valence-electron chi connectivity index (χ1n) is 9.96. The van der Waals surface area contributed by atoms with Crippen molar-refractivity contribution in [3.05, 3.63) is 120 Å². The van der Waals surface area contributed by atoms with E-state index in [4.69, 9.17) is 9.47 Å². The van der Waals surface area contributed by atoms with E-state index in [-0.39, 0.29) is 5.91 Å². The molecule has 0 spiro atoms. The maximum absolute atomic E-state index is 12.6. The zero-order chi connectivity index (χ0) is 21.3. The molecule has 0 saturated heterocycles. The van der Waals surface area contributed by atoms with E-state index in [2.05, 4.69) is 10.3 Å². The fraction of sp³-hybridized carbons (Fsp3) is 0.0769. The molecule has 4 rings (SSSR count). The third-order valence-electron chi connectivity index (χ3n) is 4.59. The number of benzene rings is 3. The van der Waals surface area contributed by atoms with Gasteiger partial charge in [-0.3, -0.25) is 9.78 Å². The number of aromatic nitrogens is 1. The van der Waals surface area contributed by atoms with Crippen LogP contribution in [0.15, 0.2) is 103 Å². The summed E-state index contributed by atoms with van der Waals surface area (Å²) in [7, 11) is 0. The Kier molecular flexibility index (Phi) is 6.55. The maximum atomic E-state index is 12.6. The molecule has 0 aliphatic rings. The topological polar surface area (TPSA) is 60.5 Å². The van der Waals surface area contributed by atoms with Crippen LogP contribution in [0, 0.1) is 0 Å². The van der Waals surface area contributed by atoms with Crippen molar-refractivity contribution in [2.24, 2.45) is 0 Å². The van der Waals surface area contributed by atoms with Gasteiger partial charge < -0.3 is 14.8 Å². The summed E-state index contributed by atoms with van der Waals surface area (Å²) in [5.74, 6) is 1.31. The van der Waals surface area contributed by atoms with E-state index < -0.39 is 0 Å². The van der Waals surface area contributed by atoms with Crippen molar-refractivity contribution in [2.45, 2.75) is 13.2 Å². The SMILES string of the molecule is O=C(Nc1cccc(OCc2cccnc2)c1)c1ccc(COc2ccccc2)cc1. The Morgan fingerprint density at radius 3 is 2.26 bits per heavy atom. The molecule has 3 aromatic carbocycles. The molecule has 1 amide bonds. The van der Waals surface area contributed by atoms with Crippen LogP contribution < -0.4 is 14.8 Å². The van der Waals surface area contributed by atoms with Gasteiger partial charge in [-0.25, -0.2) is 0 Å². The van der Waals surface area contributed by atoms with E-state index in [0.29, 0.717) is 30.2 Å². The van der Waals surface area contributed by atoms with Crippen molar-refractivity contribution < 1.29 is 14.3 Å². The van der Waals surface area contributed by atoms with Crippen LogP contribution in [0.4, 0.5) is 5.69 Å². The Hall–Kier alpha value is -4.12. The minimum Gasteiger partial charge on any atom is -0.489 e. The average Bonchev–Trinajstić information content (AvgIpc) is 2.83. The summed E-state index contributed by atoms with van der Waals surface area (Å²) in [6.07, 6.45) is 3.49. The summed E-state index contributed by atoms with van der Waals surface area (Å²) in [4.78, 5) is 16.7. The standard InChI is InChI=1S/C26H22N2O3/c29-26(22-13-11-20(12-14-22)18-30-24-8-2-1-3-9-24)28-23-7-4-10-25(16-23)31-19-21-6-5-15-27-17-21/h1-17H,18-19H2,(H,28,29). The Morgan fingerprint density at radius 1 is 0.742 bits per heavy atom. The van der Waals surface area contributed by atoms with Crippen LogP contribution in [-0.4, -0.2) is 10.9 Å². The number of carbonyl (C=O) groups is 1. The fourth-order valence-electron chi connectivity index (χ4n) is 2.95. The van der Waals surface area contributed by atoms with Gasteiger partial charge in [-0.2, -0.15) is 0 Å². The van der Waals surface area contributed by atoms with E-state index in [1.54, 1.807) is 30.6 Å². The highest BCUT2D eigenvalue weighted by atomic mass is 16.5. The number of hydrogen-bond donors (Lipinski definition) is 1. The highest BCUT2D eigenvalue weighted by molar-refractivity contribution is 6.04. The number of nitrogens with one attached hydrogen (secondary N) is 1. The van der Waals surface area contributed by atoms with Gasteiger partial charge in [-0.05, 0) is 48.0 Å². The Labute approximate surface area is 181 Å². The monoisotopic (exact) mass is 410 g/mol. The minimum absolute atomic E-state index is 0.181. The summed E-state index contributed by atoms with van der Waals surface area (Å²) >= 11 is 0. The molecule has 0 aliphatic carbocycles. The first-order chi connectivity index (χ1) is 15.3. The molecule has 0 unspecified atom stereocenters. The molecule has 0 saturated carbocycles. The van der Waals surface area contributed by atoms with Gasteiger partial charge in [0.2, 0.25) is 0 Å². The van der Waals surface area contributed by atoms with Gasteiger partial charge in [0.1, 0.15) is 24.7 Å². The van der Waals surface area contributed by atoms with Gasteiger partial charge in [0.25, 0.3) is 5.91 Å². The largest absolute Gasteiger partial charge is 0.489 e. The normalized spacial score (nSPS) is 10.3. The zero-order valence-electron chi connectivity index (χ0n) is 16.9. The maximum Gasteiger partial charge on any atom is 0.255 e. The summed E-state index contributed by atoms with van der Waals surface area (Å²) in [6, 6.07) is 28.2. The van der Waals surface area contributed by atoms with Crippen molar-refractivity contribution in [3.8, 4) is 11.5 Å². The molecule has 0 fully saturated rings. The highest BCUT2D eigenvalue weighted by Crippen LogP contribution is 2.20. The number of anilines is 1. The van der Waals surface area contributed by atoms with Crippen molar-refractivity contribution >= 4 is 11.6 Å². The number of hydrogen-bond acceptors (Lipinski definition) is 4. The third kappa shape index (κ3) is 5.93. The Morgan fingerprint density at radius 2 is 1.48 bits per heavy atom. The number of nitrogens with zero attached hydrogens (tertiary/aromatic N) is 1. The van der Waals surface area contributed by atoms with E-state index in [9.17, 15) is 4.79 Å². The smallest absolute Gasteiger partial charge is 0.255 e. The molecule has 1 heterocycles. The molecule has 0 radical (unpaired) electrons. The molecular weight excluding hydrogens is 388 g/mol. The molecule has 1 N–H and O–H groups in total. The lowest BCUT2D eigenvalue weighted by atomic mass is 10.1. The van der Waals surface area contributed by atoms with Crippen molar-refractivity contribution in [2.75, 3.05) is 5.32 Å². The number of ether oxygens (including phenoxy) is 2. The number of amides is 1.